The Morgan fingerprint density at radius 1 is 1.43 bits per heavy atom. The lowest BCUT2D eigenvalue weighted by Gasteiger charge is -2.14. The molecule has 0 aromatic carbocycles. The number of nitrogens with one attached hydrogen (secondary N) is 1. The van der Waals surface area contributed by atoms with Crippen molar-refractivity contribution < 1.29 is 14.3 Å². The summed E-state index contributed by atoms with van der Waals surface area (Å²) in [7, 11) is 0. The van der Waals surface area contributed by atoms with Gasteiger partial charge in [0.25, 0.3) is 0 Å². The van der Waals surface area contributed by atoms with Crippen molar-refractivity contribution in [3.8, 4) is 0 Å². The molecule has 5 nitrogen and oxygen atoms in total. The number of ether oxygens (including phenoxy) is 2. The molecular weight excluding hydrogens is 288 g/mol. The molecule has 6 heteroatoms. The first-order valence-corrected chi connectivity index (χ1v) is 8.14. The third-order valence-corrected chi connectivity index (χ3v) is 4.12. The van der Waals surface area contributed by atoms with Crippen molar-refractivity contribution in [2.75, 3.05) is 19.8 Å². The van der Waals surface area contributed by atoms with Crippen LogP contribution in [0.25, 0.3) is 0 Å². The summed E-state index contributed by atoms with van der Waals surface area (Å²) in [6.07, 6.45) is -0.480. The Kier molecular flexibility index (Phi) is 7.28. The normalized spacial score (nSPS) is 13.2. The first kappa shape index (κ1) is 18.1. The van der Waals surface area contributed by atoms with Crippen LogP contribution < -0.4 is 5.32 Å². The van der Waals surface area contributed by atoms with Crippen molar-refractivity contribution in [3.63, 3.8) is 0 Å². The van der Waals surface area contributed by atoms with E-state index in [0.717, 1.165) is 10.7 Å². The van der Waals surface area contributed by atoms with E-state index in [4.69, 9.17) is 9.47 Å². The highest BCUT2D eigenvalue weighted by Crippen LogP contribution is 2.25. The average Bonchev–Trinajstić information content (AvgIpc) is 2.89. The summed E-state index contributed by atoms with van der Waals surface area (Å²) < 4.78 is 10.6. The summed E-state index contributed by atoms with van der Waals surface area (Å²) >= 11 is 1.63. The van der Waals surface area contributed by atoms with Crippen molar-refractivity contribution in [2.45, 2.75) is 52.7 Å². The first-order chi connectivity index (χ1) is 9.84. The second kappa shape index (κ2) is 8.46. The third kappa shape index (κ3) is 6.54. The SMILES string of the molecule is CCOCCOC(C)C(=O)NCc1csc(C(C)(C)C)n1. The van der Waals surface area contributed by atoms with Gasteiger partial charge in [-0.2, -0.15) is 0 Å². The molecule has 0 spiro atoms. The number of carbonyl (C=O) groups excluding carboxylic acids is 1. The van der Waals surface area contributed by atoms with Crippen molar-refractivity contribution >= 4 is 17.2 Å². The Morgan fingerprint density at radius 3 is 2.71 bits per heavy atom. The monoisotopic (exact) mass is 314 g/mol. The van der Waals surface area contributed by atoms with Gasteiger partial charge in [0.05, 0.1) is 30.5 Å². The molecule has 0 saturated carbocycles. The summed E-state index contributed by atoms with van der Waals surface area (Å²) in [5.41, 5.74) is 0.933. The number of aromatic nitrogens is 1. The number of carbonyl (C=O) groups is 1. The quantitative estimate of drug-likeness (QED) is 0.749. The lowest BCUT2D eigenvalue weighted by molar-refractivity contribution is -0.132. The third-order valence-electron chi connectivity index (χ3n) is 2.81. The highest BCUT2D eigenvalue weighted by Gasteiger charge is 2.18. The molecule has 1 atom stereocenters. The molecule has 1 heterocycles. The summed E-state index contributed by atoms with van der Waals surface area (Å²) in [6.45, 7) is 12.1. The van der Waals surface area contributed by atoms with Crippen LogP contribution in [0.5, 0.6) is 0 Å². The van der Waals surface area contributed by atoms with Crippen LogP contribution in [0.3, 0.4) is 0 Å². The van der Waals surface area contributed by atoms with E-state index in [1.807, 2.05) is 12.3 Å². The smallest absolute Gasteiger partial charge is 0.249 e. The van der Waals surface area contributed by atoms with E-state index in [9.17, 15) is 4.79 Å². The van der Waals surface area contributed by atoms with Crippen molar-refractivity contribution in [1.82, 2.24) is 10.3 Å². The molecule has 0 bridgehead atoms. The van der Waals surface area contributed by atoms with E-state index in [0.29, 0.717) is 26.4 Å². The molecule has 1 aromatic heterocycles. The molecule has 0 saturated heterocycles. The fourth-order valence-electron chi connectivity index (χ4n) is 1.56. The van der Waals surface area contributed by atoms with Gasteiger partial charge in [-0.05, 0) is 13.8 Å². The molecule has 1 amide bonds. The Morgan fingerprint density at radius 2 is 2.14 bits per heavy atom. The molecule has 1 aromatic rings. The fraction of sp³-hybridized carbons (Fsp3) is 0.733. The number of hydrogen-bond donors (Lipinski definition) is 1. The zero-order valence-corrected chi connectivity index (χ0v) is 14.4. The molecule has 1 unspecified atom stereocenters. The number of thiazole rings is 1. The minimum atomic E-state index is -0.480. The number of rotatable bonds is 8. The van der Waals surface area contributed by atoms with Crippen LogP contribution in [0.15, 0.2) is 5.38 Å². The molecule has 0 radical (unpaired) electrons. The van der Waals surface area contributed by atoms with E-state index < -0.39 is 6.10 Å². The highest BCUT2D eigenvalue weighted by atomic mass is 32.1. The lowest BCUT2D eigenvalue weighted by Crippen LogP contribution is -2.34. The van der Waals surface area contributed by atoms with E-state index in [1.165, 1.54) is 0 Å². The molecule has 21 heavy (non-hydrogen) atoms. The summed E-state index contributed by atoms with van der Waals surface area (Å²) in [5.74, 6) is -0.128. The summed E-state index contributed by atoms with van der Waals surface area (Å²) in [5, 5.41) is 5.91. The van der Waals surface area contributed by atoms with Gasteiger partial charge in [0.15, 0.2) is 0 Å². The van der Waals surface area contributed by atoms with Crippen LogP contribution in [0.1, 0.15) is 45.3 Å². The van der Waals surface area contributed by atoms with Gasteiger partial charge >= 0.3 is 0 Å². The van der Waals surface area contributed by atoms with E-state index in [1.54, 1.807) is 18.3 Å². The average molecular weight is 314 g/mol. The van der Waals surface area contributed by atoms with Crippen LogP contribution in [-0.2, 0) is 26.2 Å². The van der Waals surface area contributed by atoms with Gasteiger partial charge in [0.1, 0.15) is 6.10 Å². The van der Waals surface area contributed by atoms with Crippen LogP contribution >= 0.6 is 11.3 Å². The van der Waals surface area contributed by atoms with Crippen molar-refractivity contribution in [3.05, 3.63) is 16.1 Å². The molecular formula is C15H26N2O3S. The Bertz CT molecular complexity index is 440. The molecule has 0 aliphatic rings. The van der Waals surface area contributed by atoms with E-state index in [-0.39, 0.29) is 11.3 Å². The highest BCUT2D eigenvalue weighted by molar-refractivity contribution is 7.09. The van der Waals surface area contributed by atoms with Gasteiger partial charge in [0, 0.05) is 17.4 Å². The lowest BCUT2D eigenvalue weighted by atomic mass is 9.98. The van der Waals surface area contributed by atoms with E-state index in [2.05, 4.69) is 31.1 Å². The predicted molar refractivity (Wildman–Crippen MR) is 84.6 cm³/mol. The summed E-state index contributed by atoms with van der Waals surface area (Å²) in [6, 6.07) is 0. The maximum absolute atomic E-state index is 11.9. The van der Waals surface area contributed by atoms with Gasteiger partial charge in [-0.1, -0.05) is 20.8 Å². The fourth-order valence-corrected chi connectivity index (χ4v) is 2.47. The number of hydrogen-bond acceptors (Lipinski definition) is 5. The van der Waals surface area contributed by atoms with Crippen LogP contribution in [0.2, 0.25) is 0 Å². The second-order valence-electron chi connectivity index (χ2n) is 5.82. The zero-order chi connectivity index (χ0) is 15.9. The van der Waals surface area contributed by atoms with Crippen LogP contribution in [0, 0.1) is 0 Å². The maximum atomic E-state index is 11.9. The van der Waals surface area contributed by atoms with Gasteiger partial charge in [-0.25, -0.2) is 4.98 Å². The number of amides is 1. The predicted octanol–water partition coefficient (Wildman–Crippen LogP) is 2.50. The van der Waals surface area contributed by atoms with Gasteiger partial charge in [-0.3, -0.25) is 4.79 Å². The Balaban J connectivity index is 2.33. The van der Waals surface area contributed by atoms with E-state index >= 15 is 0 Å². The number of nitrogens with zero attached hydrogens (tertiary/aromatic N) is 1. The minimum absolute atomic E-state index is 0.0443. The van der Waals surface area contributed by atoms with Crippen molar-refractivity contribution in [2.24, 2.45) is 0 Å². The second-order valence-corrected chi connectivity index (χ2v) is 6.68. The van der Waals surface area contributed by atoms with Crippen molar-refractivity contribution in [1.29, 1.82) is 0 Å². The van der Waals surface area contributed by atoms with Gasteiger partial charge in [-0.15, -0.1) is 11.3 Å². The molecule has 120 valence electrons. The molecule has 0 aliphatic carbocycles. The molecule has 0 aliphatic heterocycles. The summed E-state index contributed by atoms with van der Waals surface area (Å²) in [4.78, 5) is 16.4. The Hall–Kier alpha value is -0.980. The molecule has 1 N–H and O–H groups in total. The largest absolute Gasteiger partial charge is 0.379 e. The molecule has 1 rings (SSSR count). The van der Waals surface area contributed by atoms with Gasteiger partial charge in [0.2, 0.25) is 5.91 Å². The zero-order valence-electron chi connectivity index (χ0n) is 13.6. The maximum Gasteiger partial charge on any atom is 0.249 e. The van der Waals surface area contributed by atoms with Crippen LogP contribution in [-0.4, -0.2) is 36.8 Å². The van der Waals surface area contributed by atoms with Gasteiger partial charge < -0.3 is 14.8 Å². The molecule has 0 fully saturated rings. The topological polar surface area (TPSA) is 60.5 Å². The van der Waals surface area contributed by atoms with Crippen LogP contribution in [0.4, 0.5) is 0 Å². The first-order valence-electron chi connectivity index (χ1n) is 7.26. The Labute approximate surface area is 131 Å². The standard InChI is InChI=1S/C15H26N2O3S/c1-6-19-7-8-20-11(2)13(18)16-9-12-10-21-14(17-12)15(3,4)5/h10-11H,6-9H2,1-5H3,(H,16,18). The minimum Gasteiger partial charge on any atom is -0.379 e.